The maximum Gasteiger partial charge on any atom is 0.343 e. The van der Waals surface area contributed by atoms with E-state index in [9.17, 15) is 19.2 Å². The van der Waals surface area contributed by atoms with Crippen LogP contribution in [0, 0.1) is 0 Å². The van der Waals surface area contributed by atoms with Crippen LogP contribution in [0.15, 0.2) is 91.0 Å². The van der Waals surface area contributed by atoms with Crippen molar-refractivity contribution in [3.8, 4) is 17.2 Å². The van der Waals surface area contributed by atoms with Crippen LogP contribution in [0.1, 0.15) is 77.8 Å². The van der Waals surface area contributed by atoms with Gasteiger partial charge in [0, 0.05) is 11.3 Å². The van der Waals surface area contributed by atoms with Gasteiger partial charge in [0.25, 0.3) is 5.91 Å². The van der Waals surface area contributed by atoms with E-state index in [0.29, 0.717) is 45.7 Å². The summed E-state index contributed by atoms with van der Waals surface area (Å²) in [6.45, 7) is 4.25. The van der Waals surface area contributed by atoms with Gasteiger partial charge >= 0.3 is 5.97 Å². The van der Waals surface area contributed by atoms with E-state index in [0.717, 1.165) is 24.0 Å². The van der Waals surface area contributed by atoms with Crippen molar-refractivity contribution in [3.63, 3.8) is 0 Å². The molecule has 0 saturated heterocycles. The predicted molar refractivity (Wildman–Crippen MR) is 195 cm³/mol. The van der Waals surface area contributed by atoms with Gasteiger partial charge in [-0.2, -0.15) is 0 Å². The molecule has 262 valence electrons. The van der Waals surface area contributed by atoms with Gasteiger partial charge in [0.15, 0.2) is 5.78 Å². The van der Waals surface area contributed by atoms with Gasteiger partial charge in [-0.25, -0.2) is 4.79 Å². The zero-order valence-corrected chi connectivity index (χ0v) is 29.4. The lowest BCUT2D eigenvalue weighted by molar-refractivity contribution is -0.119. The standard InChI is InChI=1S/C40H43ClN2O7/c1-4-5-6-7-8-23-49-33-20-14-31(15-21-33)40(47)50-34-18-9-28(10-19-34)25-36(27(2)44)43-39(46)30-12-16-32(17-13-30)42-38(45)26-29-11-22-37(48-3)35(41)24-29/h9-22,24,36H,4-8,23,25-26H2,1-3H3,(H,42,45)(H,43,46)/t36-/m0/s1. The van der Waals surface area contributed by atoms with E-state index < -0.39 is 17.9 Å². The molecule has 0 bridgehead atoms. The Labute approximate surface area is 298 Å². The van der Waals surface area contributed by atoms with Gasteiger partial charge < -0.3 is 24.8 Å². The minimum absolute atomic E-state index is 0.110. The van der Waals surface area contributed by atoms with Gasteiger partial charge in [0.2, 0.25) is 5.91 Å². The van der Waals surface area contributed by atoms with E-state index in [1.807, 2.05) is 0 Å². The molecule has 4 rings (SSSR count). The Hall–Kier alpha value is -5.15. The van der Waals surface area contributed by atoms with Crippen molar-refractivity contribution in [2.75, 3.05) is 19.0 Å². The lowest BCUT2D eigenvalue weighted by atomic mass is 10.0. The first-order valence-corrected chi connectivity index (χ1v) is 17.1. The van der Waals surface area contributed by atoms with E-state index in [1.165, 1.54) is 33.3 Å². The monoisotopic (exact) mass is 698 g/mol. The highest BCUT2D eigenvalue weighted by Gasteiger charge is 2.19. The summed E-state index contributed by atoms with van der Waals surface area (Å²) < 4.78 is 16.4. The van der Waals surface area contributed by atoms with E-state index in [2.05, 4.69) is 17.6 Å². The number of amides is 2. The van der Waals surface area contributed by atoms with Crippen molar-refractivity contribution in [1.29, 1.82) is 0 Å². The topological polar surface area (TPSA) is 120 Å². The Morgan fingerprint density at radius 3 is 2.04 bits per heavy atom. The molecule has 2 amide bonds. The fraction of sp³-hybridized carbons (Fsp3) is 0.300. The molecule has 0 radical (unpaired) electrons. The fourth-order valence-corrected chi connectivity index (χ4v) is 5.41. The molecule has 2 N–H and O–H groups in total. The summed E-state index contributed by atoms with van der Waals surface area (Å²) in [4.78, 5) is 50.7. The average molecular weight is 699 g/mol. The number of ether oxygens (including phenoxy) is 3. The number of carbonyl (C=O) groups is 4. The molecule has 50 heavy (non-hydrogen) atoms. The highest BCUT2D eigenvalue weighted by Crippen LogP contribution is 2.25. The third kappa shape index (κ3) is 11.8. The number of esters is 1. The van der Waals surface area contributed by atoms with Crippen molar-refractivity contribution in [3.05, 3.63) is 118 Å². The van der Waals surface area contributed by atoms with Crippen LogP contribution in [-0.2, 0) is 22.4 Å². The first-order chi connectivity index (χ1) is 24.1. The van der Waals surface area contributed by atoms with E-state index in [-0.39, 0.29) is 24.5 Å². The highest BCUT2D eigenvalue weighted by molar-refractivity contribution is 6.32. The lowest BCUT2D eigenvalue weighted by Gasteiger charge is -2.17. The molecule has 0 aliphatic carbocycles. The van der Waals surface area contributed by atoms with Crippen LogP contribution in [-0.4, -0.2) is 43.3 Å². The summed E-state index contributed by atoms with van der Waals surface area (Å²) in [6.07, 6.45) is 6.16. The Kier molecular flexibility index (Phi) is 14.4. The van der Waals surface area contributed by atoms with Crippen LogP contribution < -0.4 is 24.8 Å². The second-order valence-electron chi connectivity index (χ2n) is 11.9. The second-order valence-corrected chi connectivity index (χ2v) is 12.3. The minimum Gasteiger partial charge on any atom is -0.495 e. The Morgan fingerprint density at radius 1 is 0.760 bits per heavy atom. The summed E-state index contributed by atoms with van der Waals surface area (Å²) in [5.74, 6) is 0.219. The van der Waals surface area contributed by atoms with Crippen LogP contribution in [0.25, 0.3) is 0 Å². The molecule has 4 aromatic carbocycles. The molecule has 9 nitrogen and oxygen atoms in total. The molecule has 0 spiro atoms. The fourth-order valence-electron chi connectivity index (χ4n) is 5.13. The normalized spacial score (nSPS) is 11.3. The number of ketones is 1. The van der Waals surface area contributed by atoms with Crippen LogP contribution >= 0.6 is 11.6 Å². The van der Waals surface area contributed by atoms with Crippen LogP contribution in [0.4, 0.5) is 5.69 Å². The quantitative estimate of drug-likeness (QED) is 0.0613. The molecule has 0 aliphatic rings. The SMILES string of the molecule is CCCCCCCOc1ccc(C(=O)Oc2ccc(C[C@H](NC(=O)c3ccc(NC(=O)Cc4ccc(OC)c(Cl)c4)cc3)C(C)=O)cc2)cc1. The zero-order valence-electron chi connectivity index (χ0n) is 28.6. The molecule has 1 atom stereocenters. The molecular formula is C40H43ClN2O7. The van der Waals surface area contributed by atoms with Crippen molar-refractivity contribution < 1.29 is 33.4 Å². The van der Waals surface area contributed by atoms with Gasteiger partial charge in [-0.05, 0) is 104 Å². The number of carbonyl (C=O) groups excluding carboxylic acids is 4. The first kappa shape index (κ1) is 37.7. The van der Waals surface area contributed by atoms with Crippen molar-refractivity contribution >= 4 is 40.9 Å². The van der Waals surface area contributed by atoms with Crippen molar-refractivity contribution in [2.24, 2.45) is 0 Å². The number of halogens is 1. The highest BCUT2D eigenvalue weighted by atomic mass is 35.5. The van der Waals surface area contributed by atoms with E-state index >= 15 is 0 Å². The van der Waals surface area contributed by atoms with Gasteiger partial charge in [0.05, 0.1) is 36.8 Å². The van der Waals surface area contributed by atoms with Crippen LogP contribution in [0.3, 0.4) is 0 Å². The van der Waals surface area contributed by atoms with Crippen molar-refractivity contribution in [2.45, 2.75) is 64.8 Å². The number of benzene rings is 4. The number of hydrogen-bond acceptors (Lipinski definition) is 7. The lowest BCUT2D eigenvalue weighted by Crippen LogP contribution is -2.41. The van der Waals surface area contributed by atoms with E-state index in [1.54, 1.807) is 91.0 Å². The molecule has 0 aromatic heterocycles. The maximum absolute atomic E-state index is 13.0. The van der Waals surface area contributed by atoms with Crippen molar-refractivity contribution in [1.82, 2.24) is 5.32 Å². The number of Topliss-reactive ketones (excluding diaryl/α,β-unsaturated/α-hetero) is 1. The molecule has 0 fully saturated rings. The number of nitrogens with one attached hydrogen (secondary N) is 2. The molecule has 0 heterocycles. The number of hydrogen-bond donors (Lipinski definition) is 2. The van der Waals surface area contributed by atoms with E-state index in [4.69, 9.17) is 25.8 Å². The predicted octanol–water partition coefficient (Wildman–Crippen LogP) is 8.03. The summed E-state index contributed by atoms with van der Waals surface area (Å²) in [6, 6.07) is 24.4. The molecule has 10 heteroatoms. The Balaban J connectivity index is 1.24. The summed E-state index contributed by atoms with van der Waals surface area (Å²) in [5.41, 5.74) is 2.76. The maximum atomic E-state index is 13.0. The van der Waals surface area contributed by atoms with Crippen LogP contribution in [0.2, 0.25) is 5.02 Å². The number of unbranched alkanes of at least 4 members (excludes halogenated alkanes) is 4. The number of anilines is 1. The average Bonchev–Trinajstić information content (AvgIpc) is 3.10. The van der Waals surface area contributed by atoms with Gasteiger partial charge in [-0.1, -0.05) is 62.4 Å². The molecular weight excluding hydrogens is 656 g/mol. The smallest absolute Gasteiger partial charge is 0.343 e. The molecule has 0 aliphatic heterocycles. The largest absolute Gasteiger partial charge is 0.495 e. The van der Waals surface area contributed by atoms with Gasteiger partial charge in [-0.3, -0.25) is 14.4 Å². The Morgan fingerprint density at radius 2 is 1.40 bits per heavy atom. The Bertz CT molecular complexity index is 1740. The molecule has 0 unspecified atom stereocenters. The molecule has 4 aromatic rings. The van der Waals surface area contributed by atoms with Crippen LogP contribution in [0.5, 0.6) is 17.2 Å². The molecule has 0 saturated carbocycles. The van der Waals surface area contributed by atoms with Gasteiger partial charge in [0.1, 0.15) is 17.2 Å². The first-order valence-electron chi connectivity index (χ1n) is 16.7. The number of rotatable bonds is 18. The third-order valence-electron chi connectivity index (χ3n) is 7.99. The summed E-state index contributed by atoms with van der Waals surface area (Å²) in [7, 11) is 1.52. The third-order valence-corrected chi connectivity index (χ3v) is 8.28. The minimum atomic E-state index is -0.774. The summed E-state index contributed by atoms with van der Waals surface area (Å²) >= 11 is 6.15. The second kappa shape index (κ2) is 19.1. The van der Waals surface area contributed by atoms with Gasteiger partial charge in [-0.15, -0.1) is 0 Å². The zero-order chi connectivity index (χ0) is 35.9. The summed E-state index contributed by atoms with van der Waals surface area (Å²) in [5, 5.41) is 6.01. The number of methoxy groups -OCH3 is 1.